The Morgan fingerprint density at radius 1 is 1.17 bits per heavy atom. The van der Waals surface area contributed by atoms with Crippen molar-refractivity contribution in [1.82, 2.24) is 10.7 Å². The molecule has 0 aliphatic rings. The van der Waals surface area contributed by atoms with Crippen LogP contribution >= 0.6 is 0 Å². The Bertz CT molecular complexity index is 437. The van der Waals surface area contributed by atoms with E-state index in [4.69, 9.17) is 0 Å². The van der Waals surface area contributed by atoms with E-state index in [2.05, 4.69) is 15.8 Å². The number of carbonyl (C=O) groups is 2. The first-order valence-electron chi connectivity index (χ1n) is 5.72. The molecule has 2 N–H and O–H groups in total. The number of benzene rings is 1. The Morgan fingerprint density at radius 2 is 1.83 bits per heavy atom. The molecule has 1 aromatic carbocycles. The number of rotatable bonds is 5. The average Bonchev–Trinajstić information content (AvgIpc) is 2.37. The highest BCUT2D eigenvalue weighted by Crippen LogP contribution is 1.97. The van der Waals surface area contributed by atoms with Crippen LogP contribution in [-0.4, -0.2) is 24.1 Å². The molecule has 0 atom stereocenters. The summed E-state index contributed by atoms with van der Waals surface area (Å²) in [5.41, 5.74) is 3.75. The van der Waals surface area contributed by atoms with Gasteiger partial charge in [-0.15, -0.1) is 0 Å². The van der Waals surface area contributed by atoms with E-state index in [-0.39, 0.29) is 24.8 Å². The summed E-state index contributed by atoms with van der Waals surface area (Å²) in [5.74, 6) is -0.400. The maximum absolute atomic E-state index is 11.6. The number of carbonyl (C=O) groups excluding carboxylic acids is 2. The lowest BCUT2D eigenvalue weighted by Crippen LogP contribution is -2.29. The fourth-order valence-corrected chi connectivity index (χ4v) is 1.21. The first-order valence-corrected chi connectivity index (χ1v) is 5.72. The summed E-state index contributed by atoms with van der Waals surface area (Å²) in [4.78, 5) is 22.9. The molecule has 0 saturated heterocycles. The zero-order valence-electron chi connectivity index (χ0n) is 10.6. The van der Waals surface area contributed by atoms with E-state index < -0.39 is 0 Å². The molecule has 5 heteroatoms. The number of hydrogen-bond donors (Lipinski definition) is 2. The van der Waals surface area contributed by atoms with Gasteiger partial charge >= 0.3 is 0 Å². The topological polar surface area (TPSA) is 70.6 Å². The molecular weight excluding hydrogens is 230 g/mol. The number of nitrogens with one attached hydrogen (secondary N) is 2. The summed E-state index contributed by atoms with van der Waals surface area (Å²) in [6, 6.07) is 8.87. The molecule has 5 nitrogen and oxygen atoms in total. The molecule has 0 spiro atoms. The maximum Gasteiger partial charge on any atom is 0.251 e. The lowest BCUT2D eigenvalue weighted by Gasteiger charge is -2.04. The molecule has 0 unspecified atom stereocenters. The molecular formula is C13H17N3O2. The predicted molar refractivity (Wildman–Crippen MR) is 70.3 cm³/mol. The Kier molecular flexibility index (Phi) is 5.57. The van der Waals surface area contributed by atoms with Crippen molar-refractivity contribution in [3.8, 4) is 0 Å². The summed E-state index contributed by atoms with van der Waals surface area (Å²) < 4.78 is 0. The molecule has 0 aliphatic heterocycles. The standard InChI is InChI=1S/C13H17N3O2/c1-10(2)15-16-12(17)8-9-14-13(18)11-6-4-3-5-7-11/h3-7H,8-9H2,1-2H3,(H,14,18)(H,16,17). The lowest BCUT2D eigenvalue weighted by molar-refractivity contribution is -0.120. The average molecular weight is 247 g/mol. The van der Waals surface area contributed by atoms with Crippen molar-refractivity contribution in [2.24, 2.45) is 5.10 Å². The van der Waals surface area contributed by atoms with Crippen LogP contribution in [0.5, 0.6) is 0 Å². The minimum atomic E-state index is -0.218. The Balaban J connectivity index is 2.28. The third-order valence-electron chi connectivity index (χ3n) is 2.08. The fourth-order valence-electron chi connectivity index (χ4n) is 1.21. The van der Waals surface area contributed by atoms with Crippen LogP contribution < -0.4 is 10.7 Å². The van der Waals surface area contributed by atoms with E-state index in [9.17, 15) is 9.59 Å². The van der Waals surface area contributed by atoms with Crippen molar-refractivity contribution in [3.63, 3.8) is 0 Å². The Morgan fingerprint density at radius 3 is 2.44 bits per heavy atom. The number of hydrogen-bond acceptors (Lipinski definition) is 3. The van der Waals surface area contributed by atoms with E-state index in [0.29, 0.717) is 5.56 Å². The van der Waals surface area contributed by atoms with Crippen LogP contribution in [0.3, 0.4) is 0 Å². The van der Waals surface area contributed by atoms with Gasteiger partial charge in [0.25, 0.3) is 5.91 Å². The second kappa shape index (κ2) is 7.21. The van der Waals surface area contributed by atoms with Crippen LogP contribution in [0.1, 0.15) is 30.6 Å². The molecule has 18 heavy (non-hydrogen) atoms. The van der Waals surface area contributed by atoms with Crippen LogP contribution in [-0.2, 0) is 4.79 Å². The minimum absolute atomic E-state index is 0.182. The Labute approximate surface area is 106 Å². The van der Waals surface area contributed by atoms with Crippen LogP contribution in [0, 0.1) is 0 Å². The van der Waals surface area contributed by atoms with E-state index >= 15 is 0 Å². The first kappa shape index (κ1) is 13.9. The van der Waals surface area contributed by atoms with Gasteiger partial charge in [0.1, 0.15) is 0 Å². The van der Waals surface area contributed by atoms with Crippen molar-refractivity contribution < 1.29 is 9.59 Å². The zero-order valence-corrected chi connectivity index (χ0v) is 10.6. The molecule has 0 aromatic heterocycles. The maximum atomic E-state index is 11.6. The van der Waals surface area contributed by atoms with E-state index in [0.717, 1.165) is 5.71 Å². The largest absolute Gasteiger partial charge is 0.352 e. The van der Waals surface area contributed by atoms with Crippen LogP contribution in [0.15, 0.2) is 35.4 Å². The summed E-state index contributed by atoms with van der Waals surface area (Å²) in [7, 11) is 0. The minimum Gasteiger partial charge on any atom is -0.352 e. The smallest absolute Gasteiger partial charge is 0.251 e. The molecule has 0 fully saturated rings. The van der Waals surface area contributed by atoms with Crippen molar-refractivity contribution >= 4 is 17.5 Å². The second-order valence-corrected chi connectivity index (χ2v) is 3.97. The van der Waals surface area contributed by atoms with E-state index in [1.54, 1.807) is 38.1 Å². The molecule has 96 valence electrons. The van der Waals surface area contributed by atoms with Gasteiger partial charge in [-0.3, -0.25) is 9.59 Å². The molecule has 0 saturated carbocycles. The summed E-state index contributed by atoms with van der Waals surface area (Å²) in [5, 5.41) is 6.45. The molecule has 0 heterocycles. The number of hydrazone groups is 1. The molecule has 1 rings (SSSR count). The van der Waals surface area contributed by atoms with Crippen LogP contribution in [0.25, 0.3) is 0 Å². The molecule has 0 bridgehead atoms. The van der Waals surface area contributed by atoms with Gasteiger partial charge in [-0.1, -0.05) is 18.2 Å². The highest BCUT2D eigenvalue weighted by molar-refractivity contribution is 5.94. The van der Waals surface area contributed by atoms with Gasteiger partial charge in [-0.2, -0.15) is 5.10 Å². The molecule has 0 radical (unpaired) electrons. The van der Waals surface area contributed by atoms with Crippen molar-refractivity contribution in [3.05, 3.63) is 35.9 Å². The molecule has 0 aliphatic carbocycles. The SMILES string of the molecule is CC(C)=NNC(=O)CCNC(=O)c1ccccc1. The van der Waals surface area contributed by atoms with Gasteiger partial charge in [-0.05, 0) is 26.0 Å². The van der Waals surface area contributed by atoms with Crippen LogP contribution in [0.2, 0.25) is 0 Å². The first-order chi connectivity index (χ1) is 8.59. The monoisotopic (exact) mass is 247 g/mol. The number of nitrogens with zero attached hydrogens (tertiary/aromatic N) is 1. The van der Waals surface area contributed by atoms with Gasteiger partial charge in [0.15, 0.2) is 0 Å². The van der Waals surface area contributed by atoms with Gasteiger partial charge in [-0.25, -0.2) is 5.43 Å². The summed E-state index contributed by atoms with van der Waals surface area (Å²) in [6.07, 6.45) is 0.204. The van der Waals surface area contributed by atoms with E-state index in [1.807, 2.05) is 6.07 Å². The van der Waals surface area contributed by atoms with Gasteiger partial charge in [0, 0.05) is 24.2 Å². The highest BCUT2D eigenvalue weighted by atomic mass is 16.2. The van der Waals surface area contributed by atoms with Gasteiger partial charge in [0.05, 0.1) is 0 Å². The summed E-state index contributed by atoms with van der Waals surface area (Å²) >= 11 is 0. The third kappa shape index (κ3) is 5.25. The van der Waals surface area contributed by atoms with Crippen molar-refractivity contribution in [1.29, 1.82) is 0 Å². The summed E-state index contributed by atoms with van der Waals surface area (Å²) in [6.45, 7) is 3.87. The van der Waals surface area contributed by atoms with Crippen molar-refractivity contribution in [2.45, 2.75) is 20.3 Å². The Hall–Kier alpha value is -2.17. The normalized spacial score (nSPS) is 9.44. The van der Waals surface area contributed by atoms with Crippen LogP contribution in [0.4, 0.5) is 0 Å². The van der Waals surface area contributed by atoms with E-state index in [1.165, 1.54) is 0 Å². The van der Waals surface area contributed by atoms with Gasteiger partial charge in [0.2, 0.25) is 5.91 Å². The zero-order chi connectivity index (χ0) is 13.4. The third-order valence-corrected chi connectivity index (χ3v) is 2.08. The number of amides is 2. The fraction of sp³-hybridized carbons (Fsp3) is 0.308. The predicted octanol–water partition coefficient (Wildman–Crippen LogP) is 1.32. The lowest BCUT2D eigenvalue weighted by atomic mass is 10.2. The highest BCUT2D eigenvalue weighted by Gasteiger charge is 2.05. The molecule has 1 aromatic rings. The second-order valence-electron chi connectivity index (χ2n) is 3.97. The van der Waals surface area contributed by atoms with Gasteiger partial charge < -0.3 is 5.32 Å². The van der Waals surface area contributed by atoms with Crippen molar-refractivity contribution in [2.75, 3.05) is 6.54 Å². The molecule has 2 amide bonds. The quantitative estimate of drug-likeness (QED) is 0.608.